The van der Waals surface area contributed by atoms with Gasteiger partial charge in [0.05, 0.1) is 13.2 Å². The monoisotopic (exact) mass is 874 g/mol. The second-order valence-corrected chi connectivity index (χ2v) is 17.0. The first kappa shape index (κ1) is 58.2. The summed E-state index contributed by atoms with van der Waals surface area (Å²) in [4.78, 5) is 34.9. The summed E-state index contributed by atoms with van der Waals surface area (Å²) in [6, 6.07) is 0. The SMILES string of the molecule is CC/C=C\C/C=C\C/C=C\C/C=C\C/C=C\C/C=C\CCCCCCCCCCC(=O)OC(COC(=O)CCCCCCC/C=C\CCCCCC)COP(=O)(O)OCCN. The van der Waals surface area contributed by atoms with Crippen LogP contribution in [0.1, 0.15) is 194 Å². The summed E-state index contributed by atoms with van der Waals surface area (Å²) in [5.41, 5.74) is 5.35. The van der Waals surface area contributed by atoms with Crippen LogP contribution in [0.3, 0.4) is 0 Å². The van der Waals surface area contributed by atoms with Crippen LogP contribution in [-0.2, 0) is 32.7 Å². The first-order valence-corrected chi connectivity index (χ1v) is 25.6. The lowest BCUT2D eigenvalue weighted by molar-refractivity contribution is -0.161. The summed E-state index contributed by atoms with van der Waals surface area (Å²) in [5.74, 6) is -0.853. The largest absolute Gasteiger partial charge is 0.472 e. The van der Waals surface area contributed by atoms with Crippen molar-refractivity contribution in [3.05, 3.63) is 85.1 Å². The molecule has 10 heteroatoms. The number of hydrogen-bond donors (Lipinski definition) is 2. The molecule has 3 N–H and O–H groups in total. The number of phosphoric ester groups is 1. The smallest absolute Gasteiger partial charge is 0.462 e. The van der Waals surface area contributed by atoms with Crippen molar-refractivity contribution in [3.8, 4) is 0 Å². The molecular formula is C51H88NO8P. The fourth-order valence-corrected chi connectivity index (χ4v) is 6.99. The molecule has 0 aliphatic rings. The van der Waals surface area contributed by atoms with E-state index in [4.69, 9.17) is 24.3 Å². The summed E-state index contributed by atoms with van der Waals surface area (Å²) in [7, 11) is -4.39. The normalized spacial score (nSPS) is 14.0. The molecule has 0 radical (unpaired) electrons. The first-order chi connectivity index (χ1) is 29.8. The highest BCUT2D eigenvalue weighted by atomic mass is 31.2. The molecule has 0 saturated heterocycles. The number of esters is 2. The van der Waals surface area contributed by atoms with E-state index < -0.39 is 32.5 Å². The predicted octanol–water partition coefficient (Wildman–Crippen LogP) is 14.4. The van der Waals surface area contributed by atoms with E-state index in [0.29, 0.717) is 6.42 Å². The van der Waals surface area contributed by atoms with Gasteiger partial charge in [0.1, 0.15) is 6.61 Å². The topological polar surface area (TPSA) is 134 Å². The third kappa shape index (κ3) is 46.5. The van der Waals surface area contributed by atoms with E-state index in [2.05, 4.69) is 98.9 Å². The Morgan fingerprint density at radius 3 is 1.36 bits per heavy atom. The Balaban J connectivity index is 4.09. The molecule has 0 amide bonds. The Bertz CT molecular complexity index is 1270. The molecule has 0 spiro atoms. The van der Waals surface area contributed by atoms with Crippen LogP contribution in [0, 0.1) is 0 Å². The summed E-state index contributed by atoms with van der Waals surface area (Å²) in [5, 5.41) is 0. The molecule has 0 aromatic carbocycles. The highest BCUT2D eigenvalue weighted by molar-refractivity contribution is 7.47. The van der Waals surface area contributed by atoms with Crippen LogP contribution in [0.4, 0.5) is 0 Å². The highest BCUT2D eigenvalue weighted by Gasteiger charge is 2.26. The van der Waals surface area contributed by atoms with Crippen LogP contribution in [0.15, 0.2) is 85.1 Å². The molecule has 0 saturated carbocycles. The number of nitrogens with two attached hydrogens (primary N) is 1. The molecule has 2 unspecified atom stereocenters. The molecule has 0 heterocycles. The Hall–Kier alpha value is -2.81. The van der Waals surface area contributed by atoms with Gasteiger partial charge in [0, 0.05) is 19.4 Å². The number of phosphoric acid groups is 1. The van der Waals surface area contributed by atoms with Crippen molar-refractivity contribution in [1.29, 1.82) is 0 Å². The number of hydrogen-bond acceptors (Lipinski definition) is 8. The number of rotatable bonds is 44. The summed E-state index contributed by atoms with van der Waals surface area (Å²) in [6.07, 6.45) is 59.0. The van der Waals surface area contributed by atoms with Crippen LogP contribution < -0.4 is 5.73 Å². The van der Waals surface area contributed by atoms with Crippen molar-refractivity contribution >= 4 is 19.8 Å². The Labute approximate surface area is 373 Å². The van der Waals surface area contributed by atoms with Crippen molar-refractivity contribution in [2.45, 2.75) is 200 Å². The fraction of sp³-hybridized carbons (Fsp3) is 0.686. The third-order valence-corrected chi connectivity index (χ3v) is 10.7. The van der Waals surface area contributed by atoms with Crippen LogP contribution in [0.5, 0.6) is 0 Å². The predicted molar refractivity (Wildman–Crippen MR) is 256 cm³/mol. The van der Waals surface area contributed by atoms with Gasteiger partial charge in [-0.25, -0.2) is 4.57 Å². The van der Waals surface area contributed by atoms with Crippen molar-refractivity contribution < 1.29 is 37.6 Å². The second-order valence-electron chi connectivity index (χ2n) is 15.6. The molecule has 0 aromatic heterocycles. The molecule has 0 fully saturated rings. The van der Waals surface area contributed by atoms with Crippen molar-refractivity contribution in [3.63, 3.8) is 0 Å². The average Bonchev–Trinajstić information content (AvgIpc) is 3.25. The third-order valence-electron chi connectivity index (χ3n) is 9.77. The lowest BCUT2D eigenvalue weighted by Crippen LogP contribution is -2.29. The van der Waals surface area contributed by atoms with Crippen molar-refractivity contribution in [1.82, 2.24) is 0 Å². The lowest BCUT2D eigenvalue weighted by atomic mass is 10.1. The molecule has 350 valence electrons. The van der Waals surface area contributed by atoms with Gasteiger partial charge in [-0.3, -0.25) is 18.6 Å². The molecule has 0 bridgehead atoms. The summed E-state index contributed by atoms with van der Waals surface area (Å²) < 4.78 is 32.8. The quantitative estimate of drug-likeness (QED) is 0.0265. The van der Waals surface area contributed by atoms with Gasteiger partial charge in [-0.05, 0) is 89.9 Å². The van der Waals surface area contributed by atoms with E-state index >= 15 is 0 Å². The number of ether oxygens (including phenoxy) is 2. The minimum Gasteiger partial charge on any atom is -0.462 e. The maximum absolute atomic E-state index is 12.6. The molecule has 0 aliphatic heterocycles. The van der Waals surface area contributed by atoms with Gasteiger partial charge < -0.3 is 20.1 Å². The number of carbonyl (C=O) groups excluding carboxylic acids is 2. The molecular weight excluding hydrogens is 786 g/mol. The molecule has 2 atom stereocenters. The van der Waals surface area contributed by atoms with E-state index in [0.717, 1.165) is 103 Å². The standard InChI is InChI=1S/C51H88NO8P/c1-3-5-7-9-11-13-15-17-18-19-20-21-22-23-24-25-26-27-28-29-30-32-34-36-38-40-42-44-51(54)60-49(48-59-61(55,56)58-46-45-52)47-57-50(53)43-41-39-37-35-33-31-16-14-12-10-8-6-4-2/h5,7,11,13-14,16-18,20-21,23-24,26-27,49H,3-4,6,8-10,12,15,19,22,25,28-48,52H2,1-2H3,(H,55,56)/b7-5-,13-11-,16-14-,18-17-,21-20-,24-23-,27-26-. The molecule has 0 aliphatic carbocycles. The molecule has 0 aromatic rings. The Morgan fingerprint density at radius 1 is 0.508 bits per heavy atom. The summed E-state index contributed by atoms with van der Waals surface area (Å²) in [6.45, 7) is 3.57. The van der Waals surface area contributed by atoms with Gasteiger partial charge in [0.15, 0.2) is 6.10 Å². The van der Waals surface area contributed by atoms with Crippen molar-refractivity contribution in [2.75, 3.05) is 26.4 Å². The van der Waals surface area contributed by atoms with E-state index in [1.54, 1.807) is 0 Å². The van der Waals surface area contributed by atoms with E-state index in [1.807, 2.05) is 0 Å². The van der Waals surface area contributed by atoms with Gasteiger partial charge in [-0.1, -0.05) is 176 Å². The van der Waals surface area contributed by atoms with Gasteiger partial charge >= 0.3 is 19.8 Å². The Kier molecular flexibility index (Phi) is 44.5. The lowest BCUT2D eigenvalue weighted by Gasteiger charge is -2.19. The zero-order valence-electron chi connectivity index (χ0n) is 38.6. The minimum atomic E-state index is -4.39. The summed E-state index contributed by atoms with van der Waals surface area (Å²) >= 11 is 0. The zero-order chi connectivity index (χ0) is 44.6. The van der Waals surface area contributed by atoms with Crippen LogP contribution in [0.2, 0.25) is 0 Å². The maximum Gasteiger partial charge on any atom is 0.472 e. The van der Waals surface area contributed by atoms with Crippen molar-refractivity contribution in [2.24, 2.45) is 5.73 Å². The maximum atomic E-state index is 12.6. The number of allylic oxidation sites excluding steroid dienone is 14. The van der Waals surface area contributed by atoms with Crippen LogP contribution in [-0.4, -0.2) is 49.3 Å². The molecule has 0 rings (SSSR count). The van der Waals surface area contributed by atoms with Gasteiger partial charge in [0.2, 0.25) is 0 Å². The minimum absolute atomic E-state index is 0.0469. The Morgan fingerprint density at radius 2 is 0.902 bits per heavy atom. The number of unbranched alkanes of at least 4 members (excludes halogenated alkanes) is 17. The molecule has 9 nitrogen and oxygen atoms in total. The van der Waals surface area contributed by atoms with E-state index in [9.17, 15) is 19.0 Å². The van der Waals surface area contributed by atoms with E-state index in [-0.39, 0.29) is 32.6 Å². The van der Waals surface area contributed by atoms with E-state index in [1.165, 1.54) is 57.8 Å². The first-order valence-electron chi connectivity index (χ1n) is 24.1. The van der Waals surface area contributed by atoms with Crippen LogP contribution >= 0.6 is 7.82 Å². The zero-order valence-corrected chi connectivity index (χ0v) is 39.5. The number of carbonyl (C=O) groups is 2. The van der Waals surface area contributed by atoms with Crippen LogP contribution in [0.25, 0.3) is 0 Å². The molecule has 61 heavy (non-hydrogen) atoms. The fourth-order valence-electron chi connectivity index (χ4n) is 6.22. The average molecular weight is 874 g/mol. The second kappa shape index (κ2) is 46.7. The highest BCUT2D eigenvalue weighted by Crippen LogP contribution is 2.43. The van der Waals surface area contributed by atoms with Gasteiger partial charge in [0.25, 0.3) is 0 Å². The van der Waals surface area contributed by atoms with Gasteiger partial charge in [-0.15, -0.1) is 0 Å². The van der Waals surface area contributed by atoms with Gasteiger partial charge in [-0.2, -0.15) is 0 Å².